The van der Waals surface area contributed by atoms with Crippen LogP contribution < -0.4 is 11.3 Å². The second-order valence-corrected chi connectivity index (χ2v) is 5.94. The monoisotopic (exact) mass is 248 g/mol. The van der Waals surface area contributed by atoms with Crippen molar-refractivity contribution in [1.82, 2.24) is 5.43 Å². The molecule has 0 aromatic heterocycles. The third-order valence-corrected chi connectivity index (χ3v) is 4.90. The summed E-state index contributed by atoms with van der Waals surface area (Å²) in [6, 6.07) is 6.87. The van der Waals surface area contributed by atoms with Gasteiger partial charge in [-0.05, 0) is 61.1 Å². The summed E-state index contributed by atoms with van der Waals surface area (Å²) in [6.45, 7) is 0. The van der Waals surface area contributed by atoms with Crippen LogP contribution in [0.3, 0.4) is 0 Å². The number of hydrogen-bond acceptors (Lipinski definition) is 2. The average Bonchev–Trinajstić information content (AvgIpc) is 2.99. The molecule has 2 saturated carbocycles. The van der Waals surface area contributed by atoms with Crippen LogP contribution in [-0.4, -0.2) is 0 Å². The third-order valence-electron chi connectivity index (χ3n) is 4.90. The highest BCUT2D eigenvalue weighted by molar-refractivity contribution is 5.20. The fraction of sp³-hybridized carbons (Fsp3) is 0.600. The number of fused-ring (bicyclic) bond motifs is 2. The lowest BCUT2D eigenvalue weighted by Crippen LogP contribution is -2.30. The molecule has 2 aliphatic rings. The summed E-state index contributed by atoms with van der Waals surface area (Å²) in [7, 11) is 0. The fourth-order valence-electron chi connectivity index (χ4n) is 3.96. The van der Waals surface area contributed by atoms with E-state index in [1.165, 1.54) is 37.8 Å². The third kappa shape index (κ3) is 2.29. The summed E-state index contributed by atoms with van der Waals surface area (Å²) in [5, 5.41) is 0. The van der Waals surface area contributed by atoms with Crippen LogP contribution in [0.5, 0.6) is 0 Å². The molecule has 0 amide bonds. The summed E-state index contributed by atoms with van der Waals surface area (Å²) in [6.07, 6.45) is 6.70. The Balaban J connectivity index is 1.67. The second kappa shape index (κ2) is 4.98. The minimum Gasteiger partial charge on any atom is -0.271 e. The van der Waals surface area contributed by atoms with Crippen molar-refractivity contribution < 1.29 is 4.39 Å². The van der Waals surface area contributed by atoms with Crippen molar-refractivity contribution in [1.29, 1.82) is 0 Å². The molecule has 0 heterocycles. The number of rotatable bonds is 4. The van der Waals surface area contributed by atoms with Gasteiger partial charge in [0.1, 0.15) is 5.82 Å². The van der Waals surface area contributed by atoms with Crippen LogP contribution in [0.15, 0.2) is 24.3 Å². The second-order valence-electron chi connectivity index (χ2n) is 5.94. The first-order chi connectivity index (χ1) is 8.76. The van der Waals surface area contributed by atoms with E-state index >= 15 is 0 Å². The van der Waals surface area contributed by atoms with Crippen molar-refractivity contribution in [2.75, 3.05) is 0 Å². The maximum Gasteiger partial charge on any atom is 0.123 e. The van der Waals surface area contributed by atoms with Gasteiger partial charge in [-0.2, -0.15) is 0 Å². The van der Waals surface area contributed by atoms with Gasteiger partial charge >= 0.3 is 0 Å². The predicted octanol–water partition coefficient (Wildman–Crippen LogP) is 3.16. The molecule has 0 aliphatic heterocycles. The first kappa shape index (κ1) is 12.1. The first-order valence-electron chi connectivity index (χ1n) is 6.98. The Morgan fingerprint density at radius 2 is 2.00 bits per heavy atom. The van der Waals surface area contributed by atoms with E-state index in [4.69, 9.17) is 5.84 Å². The molecule has 3 rings (SSSR count). The molecule has 0 spiro atoms. The molecular formula is C15H21FN2. The molecule has 0 radical (unpaired) electrons. The van der Waals surface area contributed by atoms with Crippen molar-refractivity contribution in [2.45, 2.75) is 38.1 Å². The summed E-state index contributed by atoms with van der Waals surface area (Å²) in [4.78, 5) is 0. The Labute approximate surface area is 108 Å². The van der Waals surface area contributed by atoms with E-state index in [1.54, 1.807) is 0 Å². The molecule has 2 fully saturated rings. The number of halogens is 1. The maximum atomic E-state index is 12.9. The van der Waals surface area contributed by atoms with Crippen LogP contribution in [0.2, 0.25) is 0 Å². The Bertz CT molecular complexity index is 403. The van der Waals surface area contributed by atoms with Gasteiger partial charge in [-0.15, -0.1) is 0 Å². The lowest BCUT2D eigenvalue weighted by molar-refractivity contribution is 0.280. The Hall–Kier alpha value is -0.930. The summed E-state index contributed by atoms with van der Waals surface area (Å²) in [5.74, 6) is 8.16. The zero-order chi connectivity index (χ0) is 12.5. The molecular weight excluding hydrogens is 227 g/mol. The highest BCUT2D eigenvalue weighted by Crippen LogP contribution is 2.50. The molecule has 4 unspecified atom stereocenters. The van der Waals surface area contributed by atoms with Crippen LogP contribution >= 0.6 is 0 Å². The van der Waals surface area contributed by atoms with E-state index in [0.717, 1.165) is 29.7 Å². The van der Waals surface area contributed by atoms with Gasteiger partial charge in [0, 0.05) is 6.04 Å². The SMILES string of the molecule is NNC(CC1CC2CCC1C2)c1ccc(F)cc1. The molecule has 3 N–H and O–H groups in total. The summed E-state index contributed by atoms with van der Waals surface area (Å²) < 4.78 is 12.9. The molecule has 4 atom stereocenters. The van der Waals surface area contributed by atoms with E-state index < -0.39 is 0 Å². The minimum atomic E-state index is -0.186. The largest absolute Gasteiger partial charge is 0.271 e. The van der Waals surface area contributed by atoms with E-state index in [2.05, 4.69) is 5.43 Å². The zero-order valence-corrected chi connectivity index (χ0v) is 10.6. The summed E-state index contributed by atoms with van der Waals surface area (Å²) >= 11 is 0. The van der Waals surface area contributed by atoms with E-state index in [9.17, 15) is 4.39 Å². The van der Waals surface area contributed by atoms with Crippen LogP contribution in [0, 0.1) is 23.6 Å². The van der Waals surface area contributed by atoms with Gasteiger partial charge in [0.25, 0.3) is 0 Å². The highest BCUT2D eigenvalue weighted by atomic mass is 19.1. The number of hydrazine groups is 1. The number of nitrogens with two attached hydrogens (primary N) is 1. The molecule has 1 aromatic carbocycles. The number of hydrogen-bond donors (Lipinski definition) is 2. The van der Waals surface area contributed by atoms with Crippen LogP contribution in [-0.2, 0) is 0 Å². The predicted molar refractivity (Wildman–Crippen MR) is 70.0 cm³/mol. The van der Waals surface area contributed by atoms with Gasteiger partial charge in [0.15, 0.2) is 0 Å². The van der Waals surface area contributed by atoms with Gasteiger partial charge in [0.2, 0.25) is 0 Å². The van der Waals surface area contributed by atoms with Crippen molar-refractivity contribution in [3.05, 3.63) is 35.6 Å². The van der Waals surface area contributed by atoms with Gasteiger partial charge in [-0.25, -0.2) is 4.39 Å². The van der Waals surface area contributed by atoms with E-state index in [1.807, 2.05) is 12.1 Å². The smallest absolute Gasteiger partial charge is 0.123 e. The molecule has 0 saturated heterocycles. The van der Waals surface area contributed by atoms with Gasteiger partial charge in [-0.3, -0.25) is 11.3 Å². The summed E-state index contributed by atoms with van der Waals surface area (Å²) in [5.41, 5.74) is 4.00. The quantitative estimate of drug-likeness (QED) is 0.634. The van der Waals surface area contributed by atoms with E-state index in [-0.39, 0.29) is 11.9 Å². The van der Waals surface area contributed by atoms with Gasteiger partial charge < -0.3 is 0 Å². The van der Waals surface area contributed by atoms with Crippen molar-refractivity contribution in [2.24, 2.45) is 23.6 Å². The van der Waals surface area contributed by atoms with Crippen LogP contribution in [0.1, 0.15) is 43.7 Å². The van der Waals surface area contributed by atoms with Crippen LogP contribution in [0.4, 0.5) is 4.39 Å². The normalized spacial score (nSPS) is 31.8. The van der Waals surface area contributed by atoms with Gasteiger partial charge in [-0.1, -0.05) is 18.6 Å². The molecule has 2 bridgehead atoms. The van der Waals surface area contributed by atoms with Crippen molar-refractivity contribution in [3.63, 3.8) is 0 Å². The van der Waals surface area contributed by atoms with Crippen molar-refractivity contribution in [3.8, 4) is 0 Å². The topological polar surface area (TPSA) is 38.0 Å². The molecule has 3 heteroatoms. The lowest BCUT2D eigenvalue weighted by Gasteiger charge is -2.26. The van der Waals surface area contributed by atoms with Crippen molar-refractivity contribution >= 4 is 0 Å². The fourth-order valence-corrected chi connectivity index (χ4v) is 3.96. The van der Waals surface area contributed by atoms with Crippen LogP contribution in [0.25, 0.3) is 0 Å². The number of nitrogens with one attached hydrogen (secondary N) is 1. The molecule has 1 aromatic rings. The molecule has 2 nitrogen and oxygen atoms in total. The van der Waals surface area contributed by atoms with E-state index in [0.29, 0.717) is 0 Å². The zero-order valence-electron chi connectivity index (χ0n) is 10.6. The molecule has 98 valence electrons. The molecule has 2 aliphatic carbocycles. The first-order valence-corrected chi connectivity index (χ1v) is 6.98. The lowest BCUT2D eigenvalue weighted by atomic mass is 9.83. The standard InChI is InChI=1S/C15H21FN2/c16-14-5-3-11(4-6-14)15(18-17)9-13-8-10-1-2-12(13)7-10/h3-6,10,12-13,15,18H,1-2,7-9,17H2. The Morgan fingerprint density at radius 3 is 2.56 bits per heavy atom. The highest BCUT2D eigenvalue weighted by Gasteiger charge is 2.40. The molecule has 18 heavy (non-hydrogen) atoms. The number of benzene rings is 1. The Kier molecular flexibility index (Phi) is 3.35. The average molecular weight is 248 g/mol. The minimum absolute atomic E-state index is 0.162. The van der Waals surface area contributed by atoms with Gasteiger partial charge in [0.05, 0.1) is 0 Å². The Morgan fingerprint density at radius 1 is 1.22 bits per heavy atom. The maximum absolute atomic E-state index is 12.9.